The quantitative estimate of drug-likeness (QED) is 0.417. The van der Waals surface area contributed by atoms with Crippen LogP contribution in [0.3, 0.4) is 0 Å². The van der Waals surface area contributed by atoms with E-state index in [9.17, 15) is 9.59 Å². The van der Waals surface area contributed by atoms with Crippen molar-refractivity contribution in [3.8, 4) is 0 Å². The number of rotatable bonds is 9. The monoisotopic (exact) mass is 467 g/mol. The summed E-state index contributed by atoms with van der Waals surface area (Å²) in [5, 5.41) is -0.300. The lowest BCUT2D eigenvalue weighted by Crippen LogP contribution is -2.32. The summed E-state index contributed by atoms with van der Waals surface area (Å²) in [4.78, 5) is 24.4. The highest BCUT2D eigenvalue weighted by atomic mass is 35.5. The molecule has 0 aliphatic heterocycles. The molecule has 2 aromatic rings. The minimum absolute atomic E-state index is 0.0812. The van der Waals surface area contributed by atoms with Gasteiger partial charge in [-0.1, -0.05) is 61.0 Å². The van der Waals surface area contributed by atoms with Crippen molar-refractivity contribution in [3.63, 3.8) is 0 Å². The van der Waals surface area contributed by atoms with Crippen LogP contribution >= 0.6 is 23.5 Å². The minimum atomic E-state index is -3.53. The van der Waals surface area contributed by atoms with Gasteiger partial charge in [0.1, 0.15) is 5.78 Å². The maximum Gasteiger partial charge on any atom is 0.418 e. The Morgan fingerprint density at radius 3 is 2.45 bits per heavy atom. The predicted octanol–water partition coefficient (Wildman–Crippen LogP) is 6.70. The van der Waals surface area contributed by atoms with Crippen LogP contribution < -0.4 is 4.72 Å². The van der Waals surface area contributed by atoms with Crippen molar-refractivity contribution >= 4 is 35.4 Å². The zero-order valence-electron chi connectivity index (χ0n) is 17.2. The summed E-state index contributed by atoms with van der Waals surface area (Å²) >= 11 is 6.80. The first kappa shape index (κ1) is 23.5. The number of ketones is 1. The fraction of sp³-hybridized carbons (Fsp3) is 0.391. The molecule has 0 heterocycles. The average molecular weight is 468 g/mol. The lowest BCUT2D eigenvalue weighted by molar-refractivity contribution is -0.119. The van der Waals surface area contributed by atoms with E-state index in [-0.39, 0.29) is 27.3 Å². The second-order valence-corrected chi connectivity index (χ2v) is 9.61. The van der Waals surface area contributed by atoms with Crippen molar-refractivity contribution in [1.29, 1.82) is 0 Å². The van der Waals surface area contributed by atoms with Crippen LogP contribution in [0, 0.1) is 5.41 Å². The van der Waals surface area contributed by atoms with Crippen LogP contribution in [0.1, 0.15) is 50.3 Å². The van der Waals surface area contributed by atoms with E-state index in [1.807, 2.05) is 0 Å². The number of Topliss-reactive ketones (excluding diaryl/α,β-unsaturated/α-hetero) is 1. The first-order chi connectivity index (χ1) is 14.6. The molecule has 1 aliphatic rings. The normalized spacial score (nSPS) is 16.8. The molecule has 0 aromatic heterocycles. The molecule has 3 rings (SSSR count). The van der Waals surface area contributed by atoms with Crippen molar-refractivity contribution in [2.45, 2.75) is 50.4 Å². The largest absolute Gasteiger partial charge is 0.434 e. The van der Waals surface area contributed by atoms with E-state index < -0.39 is 23.4 Å². The Balaban J connectivity index is 1.75. The fourth-order valence-electron chi connectivity index (χ4n) is 3.21. The third-order valence-electron chi connectivity index (χ3n) is 5.39. The topological polar surface area (TPSA) is 55.4 Å². The van der Waals surface area contributed by atoms with Crippen LogP contribution in [0.5, 0.6) is 0 Å². The number of carbonyl (C=O) groups is 2. The lowest BCUT2D eigenvalue weighted by Gasteiger charge is -2.28. The second kappa shape index (κ2) is 9.57. The van der Waals surface area contributed by atoms with Gasteiger partial charge in [-0.05, 0) is 61.2 Å². The summed E-state index contributed by atoms with van der Waals surface area (Å²) in [6.07, 6.45) is -0.223. The number of benzene rings is 2. The van der Waals surface area contributed by atoms with E-state index in [4.69, 9.17) is 16.3 Å². The lowest BCUT2D eigenvalue weighted by atomic mass is 9.97. The van der Waals surface area contributed by atoms with E-state index in [0.29, 0.717) is 6.42 Å². The molecule has 0 spiro atoms. The van der Waals surface area contributed by atoms with Gasteiger partial charge in [0.15, 0.2) is 6.10 Å². The van der Waals surface area contributed by atoms with Crippen LogP contribution in [0.15, 0.2) is 54.6 Å². The van der Waals surface area contributed by atoms with E-state index >= 15 is 8.78 Å². The molecule has 8 heteroatoms. The molecule has 4 nitrogen and oxygen atoms in total. The molecule has 1 unspecified atom stereocenters. The van der Waals surface area contributed by atoms with Gasteiger partial charge in [0.05, 0.1) is 5.25 Å². The first-order valence-corrected chi connectivity index (χ1v) is 11.2. The van der Waals surface area contributed by atoms with Gasteiger partial charge in [-0.3, -0.25) is 9.52 Å². The molecular formula is C23H24ClF2NO3S. The Bertz CT molecular complexity index is 937. The molecule has 2 aromatic carbocycles. The standard InChI is InChI=1S/C23H24ClF2NO3S/c1-15(28)19(14-22(2)11-12-22)31-27-21(29)30-20(16-7-4-3-5-8-16)23(25,26)17-9-6-10-18(24)13-17/h3-10,13,19-20H,11-12,14H2,1-2H3,(H,27,29)/t19-,20?/m0/s1. The average Bonchev–Trinajstić information content (AvgIpc) is 3.46. The number of alkyl halides is 2. The van der Waals surface area contributed by atoms with Crippen LogP contribution in [-0.2, 0) is 15.5 Å². The molecule has 1 amide bonds. The van der Waals surface area contributed by atoms with E-state index in [2.05, 4.69) is 11.6 Å². The molecule has 0 bridgehead atoms. The fourth-order valence-corrected chi connectivity index (χ4v) is 4.34. The number of carbonyl (C=O) groups excluding carboxylic acids is 2. The molecule has 0 radical (unpaired) electrons. The number of hydrogen-bond acceptors (Lipinski definition) is 4. The smallest absolute Gasteiger partial charge is 0.418 e. The molecule has 31 heavy (non-hydrogen) atoms. The molecular weight excluding hydrogens is 444 g/mol. The van der Waals surface area contributed by atoms with E-state index in [1.165, 1.54) is 37.3 Å². The zero-order valence-corrected chi connectivity index (χ0v) is 18.8. The Morgan fingerprint density at radius 2 is 1.87 bits per heavy atom. The summed E-state index contributed by atoms with van der Waals surface area (Å²) in [7, 11) is 0. The Kier molecular flexibility index (Phi) is 7.27. The van der Waals surface area contributed by atoms with Gasteiger partial charge in [0.25, 0.3) is 0 Å². The maximum atomic E-state index is 15.4. The molecule has 166 valence electrons. The van der Waals surface area contributed by atoms with Crippen LogP contribution in [-0.4, -0.2) is 17.1 Å². The van der Waals surface area contributed by atoms with Gasteiger partial charge in [-0.2, -0.15) is 8.78 Å². The van der Waals surface area contributed by atoms with Gasteiger partial charge in [0.2, 0.25) is 0 Å². The number of ether oxygens (including phenoxy) is 1. The van der Waals surface area contributed by atoms with Gasteiger partial charge in [-0.15, -0.1) is 0 Å². The first-order valence-electron chi connectivity index (χ1n) is 9.92. The Morgan fingerprint density at radius 1 is 1.19 bits per heavy atom. The van der Waals surface area contributed by atoms with Gasteiger partial charge >= 0.3 is 12.0 Å². The molecule has 1 N–H and O–H groups in total. The Hall–Kier alpha value is -2.12. The maximum absolute atomic E-state index is 15.4. The minimum Gasteiger partial charge on any atom is -0.434 e. The zero-order chi connectivity index (χ0) is 22.6. The SMILES string of the molecule is CC(=O)[C@H](CC1(C)CC1)SNC(=O)OC(c1ccccc1)C(F)(F)c1cccc(Cl)c1. The van der Waals surface area contributed by atoms with Crippen LogP contribution in [0.25, 0.3) is 0 Å². The van der Waals surface area contributed by atoms with Gasteiger partial charge in [-0.25, -0.2) is 4.79 Å². The highest BCUT2D eigenvalue weighted by molar-refractivity contribution is 7.99. The van der Waals surface area contributed by atoms with Gasteiger partial charge in [0, 0.05) is 10.6 Å². The molecule has 2 atom stereocenters. The number of hydrogen-bond donors (Lipinski definition) is 1. The summed E-state index contributed by atoms with van der Waals surface area (Å²) < 4.78 is 38.4. The number of nitrogens with one attached hydrogen (secondary N) is 1. The Labute approximate surface area is 189 Å². The molecule has 1 aliphatic carbocycles. The van der Waals surface area contributed by atoms with Crippen molar-refractivity contribution in [2.75, 3.05) is 0 Å². The third-order valence-corrected chi connectivity index (χ3v) is 6.69. The van der Waals surface area contributed by atoms with E-state index in [1.54, 1.807) is 18.2 Å². The van der Waals surface area contributed by atoms with Crippen molar-refractivity contribution < 1.29 is 23.1 Å². The second-order valence-electron chi connectivity index (χ2n) is 8.16. The van der Waals surface area contributed by atoms with Crippen molar-refractivity contribution in [3.05, 3.63) is 70.7 Å². The number of halogens is 3. The molecule has 1 saturated carbocycles. The third kappa shape index (κ3) is 6.20. The summed E-state index contributed by atoms with van der Waals surface area (Å²) in [6, 6.07) is 13.1. The molecule has 0 saturated heterocycles. The predicted molar refractivity (Wildman–Crippen MR) is 118 cm³/mol. The summed E-state index contributed by atoms with van der Waals surface area (Å²) in [5.41, 5.74) is -0.125. The van der Waals surface area contributed by atoms with Gasteiger partial charge < -0.3 is 4.74 Å². The number of amides is 1. The highest BCUT2D eigenvalue weighted by Gasteiger charge is 2.46. The van der Waals surface area contributed by atoms with Crippen LogP contribution in [0.2, 0.25) is 5.02 Å². The summed E-state index contributed by atoms with van der Waals surface area (Å²) in [5.74, 6) is -3.61. The van der Waals surface area contributed by atoms with Crippen LogP contribution in [0.4, 0.5) is 13.6 Å². The van der Waals surface area contributed by atoms with E-state index in [0.717, 1.165) is 30.9 Å². The van der Waals surface area contributed by atoms with Crippen molar-refractivity contribution in [1.82, 2.24) is 4.72 Å². The van der Waals surface area contributed by atoms with Crippen molar-refractivity contribution in [2.24, 2.45) is 5.41 Å². The highest BCUT2D eigenvalue weighted by Crippen LogP contribution is 2.50. The molecule has 1 fully saturated rings. The summed E-state index contributed by atoms with van der Waals surface area (Å²) in [6.45, 7) is 3.54.